The average Bonchev–Trinajstić information content (AvgIpc) is 3.14. The Bertz CT molecular complexity index is 1420. The van der Waals surface area contributed by atoms with Gasteiger partial charge in [0, 0.05) is 38.3 Å². The van der Waals surface area contributed by atoms with Crippen LogP contribution in [0.25, 0.3) is 11.0 Å². The van der Waals surface area contributed by atoms with Crippen LogP contribution in [0.1, 0.15) is 38.1 Å². The van der Waals surface area contributed by atoms with Crippen LogP contribution in [0.4, 0.5) is 14.6 Å². The maximum Gasteiger partial charge on any atom is 0.586 e. The van der Waals surface area contributed by atoms with Gasteiger partial charge >= 0.3 is 12.0 Å². The van der Waals surface area contributed by atoms with E-state index >= 15 is 0 Å². The third-order valence-corrected chi connectivity index (χ3v) is 6.76. The molecule has 0 saturated carbocycles. The summed E-state index contributed by atoms with van der Waals surface area (Å²) in [5.41, 5.74) is 1.79. The van der Waals surface area contributed by atoms with E-state index in [9.17, 15) is 18.8 Å². The highest BCUT2D eigenvalue weighted by atomic mass is 19.3. The molecule has 1 saturated heterocycles. The first-order chi connectivity index (χ1) is 16.6. The van der Waals surface area contributed by atoms with Crippen molar-refractivity contribution in [2.45, 2.75) is 45.2 Å². The number of nitrogens with zero attached hydrogens (tertiary/aromatic N) is 6. The fourth-order valence-corrected chi connectivity index (χ4v) is 4.88. The summed E-state index contributed by atoms with van der Waals surface area (Å²) in [6, 6.07) is 10.1. The molecule has 0 radical (unpaired) electrons. The number of rotatable bonds is 3. The predicted octanol–water partition coefficient (Wildman–Crippen LogP) is 3.18. The van der Waals surface area contributed by atoms with Crippen molar-refractivity contribution in [1.82, 2.24) is 19.4 Å². The maximum absolute atomic E-state index is 13.4. The van der Waals surface area contributed by atoms with Crippen LogP contribution >= 0.6 is 0 Å². The Morgan fingerprint density at radius 3 is 2.60 bits per heavy atom. The molecule has 11 heteroatoms. The molecule has 2 aliphatic heterocycles. The van der Waals surface area contributed by atoms with Crippen LogP contribution in [0.3, 0.4) is 0 Å². The van der Waals surface area contributed by atoms with E-state index < -0.39 is 12.0 Å². The molecule has 1 unspecified atom stereocenters. The molecule has 0 spiro atoms. The zero-order chi connectivity index (χ0) is 25.1. The third kappa shape index (κ3) is 3.93. The van der Waals surface area contributed by atoms with E-state index in [1.54, 1.807) is 31.3 Å². The van der Waals surface area contributed by atoms with Crippen LogP contribution in [-0.2, 0) is 7.05 Å². The summed E-state index contributed by atoms with van der Waals surface area (Å²) in [6.07, 6.45) is -3.65. The molecule has 0 aliphatic carbocycles. The number of hydrogen-bond donors (Lipinski definition) is 0. The lowest BCUT2D eigenvalue weighted by atomic mass is 10.0. The number of hydrogen-bond acceptors (Lipinski definition) is 8. The summed E-state index contributed by atoms with van der Waals surface area (Å²) in [7, 11) is 1.63. The number of piperazine rings is 1. The first-order valence-electron chi connectivity index (χ1n) is 11.3. The first kappa shape index (κ1) is 23.0. The normalized spacial score (nSPS) is 22.3. The topological polar surface area (TPSA) is 96.5 Å². The fourth-order valence-electron chi connectivity index (χ4n) is 4.88. The van der Waals surface area contributed by atoms with Gasteiger partial charge in [-0.3, -0.25) is 9.47 Å². The standard InChI is InChI=1S/C24H24F2N6O3/c1-13-12-32(22-21-18(30(4)23(33)29-22)7-6-17(10-27)28-21)14(2)11-31(13)15(3)16-5-8-19-20(9-16)35-24(25,26)34-19/h5-9,13-15H,11-12H2,1-4H3/t13-,14+,15?/m1/s1. The monoisotopic (exact) mass is 482 g/mol. The molecule has 0 bridgehead atoms. The largest absolute Gasteiger partial charge is 0.586 e. The molecule has 2 aliphatic rings. The van der Waals surface area contributed by atoms with Gasteiger partial charge in [0.15, 0.2) is 17.3 Å². The highest BCUT2D eigenvalue weighted by Crippen LogP contribution is 2.43. The number of halogens is 2. The van der Waals surface area contributed by atoms with E-state index in [1.165, 1.54) is 10.6 Å². The first-order valence-corrected chi connectivity index (χ1v) is 11.3. The van der Waals surface area contributed by atoms with Crippen molar-refractivity contribution in [2.75, 3.05) is 18.0 Å². The summed E-state index contributed by atoms with van der Waals surface area (Å²) in [5, 5.41) is 9.33. The van der Waals surface area contributed by atoms with Crippen molar-refractivity contribution in [1.29, 1.82) is 5.26 Å². The molecule has 4 heterocycles. The summed E-state index contributed by atoms with van der Waals surface area (Å²) in [5.74, 6) is 0.496. The van der Waals surface area contributed by atoms with Crippen molar-refractivity contribution in [2.24, 2.45) is 7.05 Å². The number of benzene rings is 1. The van der Waals surface area contributed by atoms with Crippen molar-refractivity contribution in [3.8, 4) is 17.6 Å². The van der Waals surface area contributed by atoms with Crippen LogP contribution in [0, 0.1) is 11.3 Å². The van der Waals surface area contributed by atoms with Crippen molar-refractivity contribution in [3.05, 3.63) is 52.1 Å². The Morgan fingerprint density at radius 2 is 1.86 bits per heavy atom. The lowest BCUT2D eigenvalue weighted by Gasteiger charge is -2.47. The molecule has 5 rings (SSSR count). The second kappa shape index (κ2) is 8.16. The van der Waals surface area contributed by atoms with E-state index in [4.69, 9.17) is 0 Å². The smallest absolute Gasteiger partial charge is 0.395 e. The van der Waals surface area contributed by atoms with E-state index in [0.717, 1.165) is 5.56 Å². The Morgan fingerprint density at radius 1 is 1.11 bits per heavy atom. The second-order valence-electron chi connectivity index (χ2n) is 9.05. The Kier molecular flexibility index (Phi) is 5.36. The van der Waals surface area contributed by atoms with Crippen LogP contribution < -0.4 is 20.1 Å². The van der Waals surface area contributed by atoms with Crippen LogP contribution in [-0.4, -0.2) is 50.9 Å². The maximum atomic E-state index is 13.4. The lowest BCUT2D eigenvalue weighted by molar-refractivity contribution is -0.286. The molecule has 1 fully saturated rings. The summed E-state index contributed by atoms with van der Waals surface area (Å²) in [4.78, 5) is 25.7. The molecule has 182 valence electrons. The van der Waals surface area contributed by atoms with Crippen molar-refractivity contribution >= 4 is 16.9 Å². The van der Waals surface area contributed by atoms with E-state index in [2.05, 4.69) is 31.3 Å². The zero-order valence-corrected chi connectivity index (χ0v) is 19.7. The van der Waals surface area contributed by atoms with Crippen LogP contribution in [0.2, 0.25) is 0 Å². The molecule has 9 nitrogen and oxygen atoms in total. The van der Waals surface area contributed by atoms with Gasteiger partial charge in [0.05, 0.1) is 5.52 Å². The van der Waals surface area contributed by atoms with Crippen LogP contribution in [0.15, 0.2) is 35.1 Å². The van der Waals surface area contributed by atoms with Gasteiger partial charge in [-0.2, -0.15) is 10.2 Å². The Hall–Kier alpha value is -3.78. The fraction of sp³-hybridized carbons (Fsp3) is 0.417. The Balaban J connectivity index is 1.44. The highest BCUT2D eigenvalue weighted by Gasteiger charge is 2.44. The van der Waals surface area contributed by atoms with Gasteiger partial charge in [0.25, 0.3) is 0 Å². The number of anilines is 1. The van der Waals surface area contributed by atoms with Gasteiger partial charge in [-0.15, -0.1) is 8.78 Å². The van der Waals surface area contributed by atoms with E-state index in [1.807, 2.05) is 24.8 Å². The number of pyridine rings is 1. The highest BCUT2D eigenvalue weighted by molar-refractivity contribution is 5.86. The number of ether oxygens (including phenoxy) is 2. The van der Waals surface area contributed by atoms with Gasteiger partial charge in [0.1, 0.15) is 17.3 Å². The quantitative estimate of drug-likeness (QED) is 0.562. The number of nitriles is 1. The molecule has 0 N–H and O–H groups in total. The molecule has 2 aromatic heterocycles. The zero-order valence-electron chi connectivity index (χ0n) is 19.7. The van der Waals surface area contributed by atoms with Gasteiger partial charge in [-0.25, -0.2) is 9.78 Å². The third-order valence-electron chi connectivity index (χ3n) is 6.76. The number of aromatic nitrogens is 3. The average molecular weight is 482 g/mol. The molecule has 35 heavy (non-hydrogen) atoms. The molecular weight excluding hydrogens is 458 g/mol. The SMILES string of the molecule is CC(c1ccc2c(c1)OC(F)(F)O2)N1C[C@H](C)N(c2nc(=O)n(C)c3ccc(C#N)nc23)C[C@H]1C. The van der Waals surface area contributed by atoms with E-state index in [-0.39, 0.29) is 35.3 Å². The molecule has 0 amide bonds. The number of fused-ring (bicyclic) bond motifs is 2. The molecular formula is C24H24F2N6O3. The van der Waals surface area contributed by atoms with Gasteiger partial charge in [-0.1, -0.05) is 6.07 Å². The minimum Gasteiger partial charge on any atom is -0.395 e. The summed E-state index contributed by atoms with van der Waals surface area (Å²) >= 11 is 0. The van der Waals surface area contributed by atoms with Gasteiger partial charge < -0.3 is 14.4 Å². The van der Waals surface area contributed by atoms with Gasteiger partial charge in [-0.05, 0) is 50.6 Å². The second-order valence-corrected chi connectivity index (χ2v) is 9.05. The Labute approximate surface area is 200 Å². The number of aryl methyl sites for hydroxylation is 1. The van der Waals surface area contributed by atoms with Gasteiger partial charge in [0.2, 0.25) is 0 Å². The predicted molar refractivity (Wildman–Crippen MR) is 124 cm³/mol. The molecule has 3 atom stereocenters. The van der Waals surface area contributed by atoms with E-state index in [0.29, 0.717) is 29.9 Å². The minimum atomic E-state index is -3.65. The lowest BCUT2D eigenvalue weighted by Crippen LogP contribution is -2.57. The van der Waals surface area contributed by atoms with Crippen molar-refractivity contribution in [3.63, 3.8) is 0 Å². The minimum absolute atomic E-state index is 0.0186. The molecule has 3 aromatic rings. The summed E-state index contributed by atoms with van der Waals surface area (Å²) < 4.78 is 37.4. The summed E-state index contributed by atoms with van der Waals surface area (Å²) in [6.45, 7) is 7.30. The number of alkyl halides is 2. The van der Waals surface area contributed by atoms with Crippen molar-refractivity contribution < 1.29 is 18.3 Å². The molecule has 1 aromatic carbocycles. The van der Waals surface area contributed by atoms with Crippen LogP contribution in [0.5, 0.6) is 11.5 Å².